The standard InChI is InChI=1S/C21H28N4O2/c1-15(2)27-19-8-6-18(7-9-19)14-23-21(26)11-10-20-16(3)24-25(17(20)4)13-5-12-22/h6-9,15H,5,10-11,13-14H2,1-4H3,(H,23,26). The van der Waals surface area contributed by atoms with Gasteiger partial charge in [0.1, 0.15) is 5.75 Å². The van der Waals surface area contributed by atoms with Gasteiger partial charge in [-0.15, -0.1) is 0 Å². The first-order valence-electron chi connectivity index (χ1n) is 9.32. The van der Waals surface area contributed by atoms with Crippen LogP contribution in [0.2, 0.25) is 0 Å². The SMILES string of the molecule is Cc1nn(CCC#N)c(C)c1CCC(=O)NCc1ccc(OC(C)C)cc1. The lowest BCUT2D eigenvalue weighted by Gasteiger charge is -2.10. The number of hydrogen-bond donors (Lipinski definition) is 1. The van der Waals surface area contributed by atoms with Gasteiger partial charge in [0.2, 0.25) is 5.91 Å². The molecule has 1 N–H and O–H groups in total. The maximum Gasteiger partial charge on any atom is 0.220 e. The van der Waals surface area contributed by atoms with Crippen LogP contribution in [0.5, 0.6) is 5.75 Å². The molecule has 0 atom stereocenters. The van der Waals surface area contributed by atoms with Crippen LogP contribution >= 0.6 is 0 Å². The molecule has 2 aromatic rings. The van der Waals surface area contributed by atoms with E-state index in [0.717, 1.165) is 28.3 Å². The molecule has 1 aromatic heterocycles. The fourth-order valence-corrected chi connectivity index (χ4v) is 2.96. The van der Waals surface area contributed by atoms with E-state index < -0.39 is 0 Å². The summed E-state index contributed by atoms with van der Waals surface area (Å²) in [5.74, 6) is 0.848. The van der Waals surface area contributed by atoms with Crippen molar-refractivity contribution >= 4 is 5.91 Å². The van der Waals surface area contributed by atoms with Crippen molar-refractivity contribution in [2.24, 2.45) is 0 Å². The topological polar surface area (TPSA) is 79.9 Å². The summed E-state index contributed by atoms with van der Waals surface area (Å²) >= 11 is 0. The van der Waals surface area contributed by atoms with Gasteiger partial charge >= 0.3 is 0 Å². The molecule has 2 rings (SSSR count). The Balaban J connectivity index is 1.83. The van der Waals surface area contributed by atoms with E-state index in [9.17, 15) is 4.79 Å². The van der Waals surface area contributed by atoms with E-state index in [0.29, 0.717) is 32.4 Å². The summed E-state index contributed by atoms with van der Waals surface area (Å²) in [6, 6.07) is 9.90. The summed E-state index contributed by atoms with van der Waals surface area (Å²) in [5, 5.41) is 16.2. The summed E-state index contributed by atoms with van der Waals surface area (Å²) in [6.45, 7) is 9.01. The van der Waals surface area contributed by atoms with E-state index in [4.69, 9.17) is 10.00 Å². The molecule has 1 aromatic carbocycles. The summed E-state index contributed by atoms with van der Waals surface area (Å²) in [6.07, 6.45) is 1.65. The lowest BCUT2D eigenvalue weighted by molar-refractivity contribution is -0.121. The number of nitrogens with zero attached hydrogens (tertiary/aromatic N) is 3. The van der Waals surface area contributed by atoms with Crippen molar-refractivity contribution in [1.29, 1.82) is 5.26 Å². The van der Waals surface area contributed by atoms with Gasteiger partial charge in [-0.2, -0.15) is 10.4 Å². The normalized spacial score (nSPS) is 10.7. The zero-order chi connectivity index (χ0) is 19.8. The minimum atomic E-state index is 0.0149. The molecular formula is C21H28N4O2. The second-order valence-electron chi connectivity index (χ2n) is 6.87. The van der Waals surface area contributed by atoms with Crippen LogP contribution in [-0.4, -0.2) is 21.8 Å². The minimum Gasteiger partial charge on any atom is -0.491 e. The van der Waals surface area contributed by atoms with E-state index in [1.807, 2.05) is 56.6 Å². The Morgan fingerprint density at radius 2 is 2.00 bits per heavy atom. The van der Waals surface area contributed by atoms with Crippen molar-refractivity contribution in [3.05, 3.63) is 46.8 Å². The fourth-order valence-electron chi connectivity index (χ4n) is 2.96. The van der Waals surface area contributed by atoms with Gasteiger partial charge in [0, 0.05) is 18.7 Å². The number of aromatic nitrogens is 2. The molecule has 6 nitrogen and oxygen atoms in total. The number of benzene rings is 1. The van der Waals surface area contributed by atoms with Gasteiger partial charge in [0.15, 0.2) is 0 Å². The summed E-state index contributed by atoms with van der Waals surface area (Å²) < 4.78 is 7.47. The second-order valence-corrected chi connectivity index (χ2v) is 6.87. The molecule has 144 valence electrons. The average molecular weight is 368 g/mol. The highest BCUT2D eigenvalue weighted by molar-refractivity contribution is 5.76. The number of aryl methyl sites for hydroxylation is 2. The number of carbonyl (C=O) groups is 1. The number of amides is 1. The van der Waals surface area contributed by atoms with Crippen molar-refractivity contribution < 1.29 is 9.53 Å². The molecule has 0 aliphatic rings. The van der Waals surface area contributed by atoms with Gasteiger partial charge in [0.05, 0.1) is 30.8 Å². The predicted octanol–water partition coefficient (Wildman–Crippen LogP) is 3.45. The molecular weight excluding hydrogens is 340 g/mol. The van der Waals surface area contributed by atoms with E-state index >= 15 is 0 Å². The monoisotopic (exact) mass is 368 g/mol. The van der Waals surface area contributed by atoms with Crippen molar-refractivity contribution in [3.63, 3.8) is 0 Å². The first-order valence-corrected chi connectivity index (χ1v) is 9.32. The average Bonchev–Trinajstić information content (AvgIpc) is 2.90. The van der Waals surface area contributed by atoms with Crippen LogP contribution in [0.4, 0.5) is 0 Å². The van der Waals surface area contributed by atoms with E-state index in [1.165, 1.54) is 0 Å². The Kier molecular flexibility index (Phi) is 7.42. The zero-order valence-corrected chi connectivity index (χ0v) is 16.6. The van der Waals surface area contributed by atoms with Gasteiger partial charge in [-0.1, -0.05) is 12.1 Å². The molecule has 0 aliphatic carbocycles. The summed E-state index contributed by atoms with van der Waals surface area (Å²) in [5.41, 5.74) is 4.10. The minimum absolute atomic E-state index is 0.0149. The highest BCUT2D eigenvalue weighted by atomic mass is 16.5. The third-order valence-corrected chi connectivity index (χ3v) is 4.35. The third-order valence-electron chi connectivity index (χ3n) is 4.35. The number of hydrogen-bond acceptors (Lipinski definition) is 4. The van der Waals surface area contributed by atoms with Gasteiger partial charge < -0.3 is 10.1 Å². The molecule has 0 bridgehead atoms. The summed E-state index contributed by atoms with van der Waals surface area (Å²) in [7, 11) is 0. The third kappa shape index (κ3) is 6.14. The van der Waals surface area contributed by atoms with Crippen molar-refractivity contribution in [2.45, 2.75) is 66.2 Å². The van der Waals surface area contributed by atoms with Crippen molar-refractivity contribution in [3.8, 4) is 11.8 Å². The van der Waals surface area contributed by atoms with Gasteiger partial charge in [0.25, 0.3) is 0 Å². The van der Waals surface area contributed by atoms with Crippen LogP contribution in [0.3, 0.4) is 0 Å². The molecule has 0 spiro atoms. The molecule has 27 heavy (non-hydrogen) atoms. The highest BCUT2D eigenvalue weighted by Crippen LogP contribution is 2.16. The number of rotatable bonds is 9. The molecule has 6 heteroatoms. The second kappa shape index (κ2) is 9.77. The molecule has 0 radical (unpaired) electrons. The number of nitrogens with one attached hydrogen (secondary N) is 1. The maximum absolute atomic E-state index is 12.2. The Hall–Kier alpha value is -2.81. The predicted molar refractivity (Wildman–Crippen MR) is 104 cm³/mol. The lowest BCUT2D eigenvalue weighted by atomic mass is 10.1. The fraction of sp³-hybridized carbons (Fsp3) is 0.476. The molecule has 0 fully saturated rings. The Labute approximate surface area is 161 Å². The number of carbonyl (C=O) groups excluding carboxylic acids is 1. The molecule has 0 unspecified atom stereocenters. The van der Waals surface area contributed by atoms with Crippen molar-refractivity contribution in [2.75, 3.05) is 0 Å². The largest absolute Gasteiger partial charge is 0.491 e. The molecule has 0 aliphatic heterocycles. The Morgan fingerprint density at radius 1 is 1.30 bits per heavy atom. The molecule has 0 saturated carbocycles. The van der Waals surface area contributed by atoms with Crippen LogP contribution in [0.1, 0.15) is 49.2 Å². The maximum atomic E-state index is 12.2. The number of ether oxygens (including phenoxy) is 1. The van der Waals surface area contributed by atoms with Gasteiger partial charge in [-0.3, -0.25) is 9.48 Å². The smallest absolute Gasteiger partial charge is 0.220 e. The first-order chi connectivity index (χ1) is 12.9. The van der Waals surface area contributed by atoms with E-state index in [-0.39, 0.29) is 12.0 Å². The van der Waals surface area contributed by atoms with Crippen molar-refractivity contribution in [1.82, 2.24) is 15.1 Å². The first kappa shape index (κ1) is 20.5. The Morgan fingerprint density at radius 3 is 2.63 bits per heavy atom. The van der Waals surface area contributed by atoms with Gasteiger partial charge in [-0.05, 0) is 57.4 Å². The van der Waals surface area contributed by atoms with E-state index in [2.05, 4.69) is 16.5 Å². The van der Waals surface area contributed by atoms with Crippen LogP contribution < -0.4 is 10.1 Å². The van der Waals surface area contributed by atoms with Crippen LogP contribution in [-0.2, 0) is 24.3 Å². The number of nitriles is 1. The van der Waals surface area contributed by atoms with Gasteiger partial charge in [-0.25, -0.2) is 0 Å². The van der Waals surface area contributed by atoms with Crippen LogP contribution in [0.15, 0.2) is 24.3 Å². The molecule has 0 saturated heterocycles. The van der Waals surface area contributed by atoms with E-state index in [1.54, 1.807) is 0 Å². The highest BCUT2D eigenvalue weighted by Gasteiger charge is 2.13. The Bertz CT molecular complexity index is 801. The molecule has 1 heterocycles. The lowest BCUT2D eigenvalue weighted by Crippen LogP contribution is -2.23. The quantitative estimate of drug-likeness (QED) is 0.735. The van der Waals surface area contributed by atoms with Crippen LogP contribution in [0.25, 0.3) is 0 Å². The summed E-state index contributed by atoms with van der Waals surface area (Å²) in [4.78, 5) is 12.2. The van der Waals surface area contributed by atoms with Crippen LogP contribution in [0, 0.1) is 25.2 Å². The zero-order valence-electron chi connectivity index (χ0n) is 16.6. The molecule has 1 amide bonds.